The molecule has 2 saturated heterocycles. The summed E-state index contributed by atoms with van der Waals surface area (Å²) in [7, 11) is 0. The normalized spacial score (nSPS) is 34.1. The molecule has 3 nitrogen and oxygen atoms in total. The van der Waals surface area contributed by atoms with E-state index in [0.717, 1.165) is 45.2 Å². The van der Waals surface area contributed by atoms with Crippen LogP contribution in [-0.4, -0.2) is 43.0 Å². The molecular formula is C16H29NO2. The van der Waals surface area contributed by atoms with Gasteiger partial charge in [-0.2, -0.15) is 0 Å². The highest BCUT2D eigenvalue weighted by atomic mass is 16.7. The first-order valence-electron chi connectivity index (χ1n) is 7.86. The van der Waals surface area contributed by atoms with Gasteiger partial charge in [-0.25, -0.2) is 0 Å². The number of likely N-dealkylation sites (tertiary alicyclic amines) is 1. The molecule has 0 unspecified atom stereocenters. The second-order valence-corrected chi connectivity index (χ2v) is 7.97. The van der Waals surface area contributed by atoms with Gasteiger partial charge in [0.25, 0.3) is 0 Å². The molecule has 0 aromatic carbocycles. The molecule has 2 heterocycles. The molecule has 3 fully saturated rings. The number of ether oxygens (including phenoxy) is 2. The summed E-state index contributed by atoms with van der Waals surface area (Å²) in [6.45, 7) is 13.6. The minimum absolute atomic E-state index is 0.222. The molecule has 0 amide bonds. The average Bonchev–Trinajstić information content (AvgIpc) is 2.84. The fourth-order valence-corrected chi connectivity index (χ4v) is 4.08. The summed E-state index contributed by atoms with van der Waals surface area (Å²) in [5.41, 5.74) is 0.903. The third-order valence-electron chi connectivity index (χ3n) is 6.21. The smallest absolute Gasteiger partial charge is 0.170 e. The summed E-state index contributed by atoms with van der Waals surface area (Å²) in [5, 5.41) is 0. The van der Waals surface area contributed by atoms with Gasteiger partial charge >= 0.3 is 0 Å². The van der Waals surface area contributed by atoms with Gasteiger partial charge in [-0.05, 0) is 23.7 Å². The molecule has 0 aromatic heterocycles. The Morgan fingerprint density at radius 1 is 0.842 bits per heavy atom. The standard InChI is InChI=1S/C16H29NO2/c1-14(2)11-13(12-15(14,3)4)17-7-5-16(6-8-17)18-9-10-19-16/h13H,5-12H2,1-4H3. The van der Waals surface area contributed by atoms with E-state index in [2.05, 4.69) is 32.6 Å². The molecule has 3 aliphatic rings. The quantitative estimate of drug-likeness (QED) is 0.729. The zero-order valence-electron chi connectivity index (χ0n) is 13.0. The molecule has 0 N–H and O–H groups in total. The Morgan fingerprint density at radius 2 is 1.32 bits per heavy atom. The fraction of sp³-hybridized carbons (Fsp3) is 1.00. The molecular weight excluding hydrogens is 238 g/mol. The Morgan fingerprint density at radius 3 is 1.79 bits per heavy atom. The van der Waals surface area contributed by atoms with Crippen molar-refractivity contribution in [1.29, 1.82) is 0 Å². The Balaban J connectivity index is 1.61. The topological polar surface area (TPSA) is 21.7 Å². The van der Waals surface area contributed by atoms with Gasteiger partial charge in [0.05, 0.1) is 13.2 Å². The lowest BCUT2D eigenvalue weighted by Gasteiger charge is -2.40. The largest absolute Gasteiger partial charge is 0.347 e. The van der Waals surface area contributed by atoms with Gasteiger partial charge in [0.2, 0.25) is 0 Å². The lowest BCUT2D eigenvalue weighted by Crippen LogP contribution is -2.48. The van der Waals surface area contributed by atoms with Gasteiger partial charge in [-0.3, -0.25) is 4.90 Å². The van der Waals surface area contributed by atoms with Crippen molar-refractivity contribution < 1.29 is 9.47 Å². The van der Waals surface area contributed by atoms with Crippen LogP contribution in [0.15, 0.2) is 0 Å². The van der Waals surface area contributed by atoms with E-state index >= 15 is 0 Å². The van der Waals surface area contributed by atoms with Crippen LogP contribution >= 0.6 is 0 Å². The minimum atomic E-state index is -0.222. The van der Waals surface area contributed by atoms with E-state index in [-0.39, 0.29) is 5.79 Å². The molecule has 19 heavy (non-hydrogen) atoms. The van der Waals surface area contributed by atoms with Crippen molar-refractivity contribution in [2.45, 2.75) is 65.2 Å². The molecule has 3 heteroatoms. The highest BCUT2D eigenvalue weighted by molar-refractivity contribution is 5.01. The molecule has 0 bridgehead atoms. The summed E-state index contributed by atoms with van der Waals surface area (Å²) < 4.78 is 11.7. The van der Waals surface area contributed by atoms with Crippen molar-refractivity contribution in [2.75, 3.05) is 26.3 Å². The van der Waals surface area contributed by atoms with Crippen LogP contribution < -0.4 is 0 Å². The first-order valence-corrected chi connectivity index (χ1v) is 7.86. The average molecular weight is 267 g/mol. The Hall–Kier alpha value is -0.120. The maximum absolute atomic E-state index is 5.83. The highest BCUT2D eigenvalue weighted by Crippen LogP contribution is 2.53. The van der Waals surface area contributed by atoms with Gasteiger partial charge in [0.15, 0.2) is 5.79 Å². The number of piperidine rings is 1. The predicted molar refractivity (Wildman–Crippen MR) is 76.0 cm³/mol. The van der Waals surface area contributed by atoms with E-state index in [9.17, 15) is 0 Å². The van der Waals surface area contributed by atoms with Crippen LogP contribution in [0.2, 0.25) is 0 Å². The van der Waals surface area contributed by atoms with Crippen LogP contribution in [0.1, 0.15) is 53.4 Å². The maximum Gasteiger partial charge on any atom is 0.170 e. The van der Waals surface area contributed by atoms with Crippen LogP contribution in [0.25, 0.3) is 0 Å². The molecule has 0 atom stereocenters. The van der Waals surface area contributed by atoms with Crippen LogP contribution in [-0.2, 0) is 9.47 Å². The molecule has 3 rings (SSSR count). The van der Waals surface area contributed by atoms with Gasteiger partial charge in [0.1, 0.15) is 0 Å². The Bertz CT molecular complexity index is 319. The maximum atomic E-state index is 5.83. The summed E-state index contributed by atoms with van der Waals surface area (Å²) in [6.07, 6.45) is 4.75. The molecule has 1 aliphatic carbocycles. The van der Waals surface area contributed by atoms with Crippen molar-refractivity contribution in [3.05, 3.63) is 0 Å². The van der Waals surface area contributed by atoms with Crippen molar-refractivity contribution in [3.63, 3.8) is 0 Å². The van der Waals surface area contributed by atoms with Crippen molar-refractivity contribution in [2.24, 2.45) is 10.8 Å². The van der Waals surface area contributed by atoms with Crippen LogP contribution in [0.4, 0.5) is 0 Å². The monoisotopic (exact) mass is 267 g/mol. The van der Waals surface area contributed by atoms with Crippen LogP contribution in [0, 0.1) is 10.8 Å². The van der Waals surface area contributed by atoms with E-state index < -0.39 is 0 Å². The molecule has 2 aliphatic heterocycles. The Labute approximate surface area is 117 Å². The second-order valence-electron chi connectivity index (χ2n) is 7.97. The third-order valence-corrected chi connectivity index (χ3v) is 6.21. The van der Waals surface area contributed by atoms with E-state index in [0.29, 0.717) is 10.8 Å². The minimum Gasteiger partial charge on any atom is -0.347 e. The van der Waals surface area contributed by atoms with E-state index in [4.69, 9.17) is 9.47 Å². The fourth-order valence-electron chi connectivity index (χ4n) is 4.08. The number of nitrogens with zero attached hydrogens (tertiary/aromatic N) is 1. The Kier molecular flexibility index (Phi) is 3.23. The number of hydrogen-bond donors (Lipinski definition) is 0. The third kappa shape index (κ3) is 2.34. The van der Waals surface area contributed by atoms with E-state index in [1.807, 2.05) is 0 Å². The summed E-state index contributed by atoms with van der Waals surface area (Å²) in [5.74, 6) is -0.222. The van der Waals surface area contributed by atoms with Crippen molar-refractivity contribution in [1.82, 2.24) is 4.90 Å². The van der Waals surface area contributed by atoms with Gasteiger partial charge in [0, 0.05) is 32.0 Å². The predicted octanol–water partition coefficient (Wildman–Crippen LogP) is 3.04. The lowest BCUT2D eigenvalue weighted by atomic mass is 9.71. The first-order chi connectivity index (χ1) is 8.84. The molecule has 0 radical (unpaired) electrons. The lowest BCUT2D eigenvalue weighted by molar-refractivity contribution is -0.187. The summed E-state index contributed by atoms with van der Waals surface area (Å²) in [4.78, 5) is 2.69. The summed E-state index contributed by atoms with van der Waals surface area (Å²) >= 11 is 0. The van der Waals surface area contributed by atoms with E-state index in [1.165, 1.54) is 12.8 Å². The first kappa shape index (κ1) is 13.8. The SMILES string of the molecule is CC1(C)CC(N2CCC3(CC2)OCCO3)CC1(C)C. The van der Waals surface area contributed by atoms with Crippen LogP contribution in [0.3, 0.4) is 0 Å². The van der Waals surface area contributed by atoms with Gasteiger partial charge in [-0.1, -0.05) is 27.7 Å². The second kappa shape index (κ2) is 4.44. The molecule has 110 valence electrons. The van der Waals surface area contributed by atoms with E-state index in [1.54, 1.807) is 0 Å². The van der Waals surface area contributed by atoms with Crippen molar-refractivity contribution >= 4 is 0 Å². The zero-order chi connectivity index (χ0) is 13.7. The highest BCUT2D eigenvalue weighted by Gasteiger charge is 2.49. The van der Waals surface area contributed by atoms with Gasteiger partial charge in [-0.15, -0.1) is 0 Å². The zero-order valence-corrected chi connectivity index (χ0v) is 13.0. The molecule has 0 aromatic rings. The van der Waals surface area contributed by atoms with Gasteiger partial charge < -0.3 is 9.47 Å². The summed E-state index contributed by atoms with van der Waals surface area (Å²) in [6, 6.07) is 0.753. The van der Waals surface area contributed by atoms with Crippen LogP contribution in [0.5, 0.6) is 0 Å². The number of hydrogen-bond acceptors (Lipinski definition) is 3. The number of rotatable bonds is 1. The molecule has 1 saturated carbocycles. The van der Waals surface area contributed by atoms with Crippen molar-refractivity contribution in [3.8, 4) is 0 Å². The molecule has 1 spiro atoms.